The average Bonchev–Trinajstić information content (AvgIpc) is 2.38. The van der Waals surface area contributed by atoms with Crippen LogP contribution in [0, 0.1) is 5.41 Å². The highest BCUT2D eigenvalue weighted by atomic mass is 35.5. The van der Waals surface area contributed by atoms with Crippen molar-refractivity contribution in [3.8, 4) is 0 Å². The smallest absolute Gasteiger partial charge is 0.122 e. The first-order chi connectivity index (χ1) is 8.65. The molecule has 3 N–H and O–H groups in total. The Kier molecular flexibility index (Phi) is 4.28. The van der Waals surface area contributed by atoms with Gasteiger partial charge in [0.25, 0.3) is 0 Å². The van der Waals surface area contributed by atoms with Crippen LogP contribution in [-0.4, -0.2) is 5.84 Å². The molecule has 0 unspecified atom stereocenters. The maximum absolute atomic E-state index is 7.32. The van der Waals surface area contributed by atoms with Crippen LogP contribution in [0.3, 0.4) is 0 Å². The molecule has 0 heterocycles. The quantitative estimate of drug-likeness (QED) is 0.505. The number of nitrogens with one attached hydrogen (secondary N) is 1. The Labute approximate surface area is 116 Å². The first-order valence-corrected chi connectivity index (χ1v) is 6.83. The van der Waals surface area contributed by atoms with E-state index in [-0.39, 0.29) is 5.84 Å². The molecule has 4 heteroatoms. The van der Waals surface area contributed by atoms with Crippen molar-refractivity contribution >= 4 is 29.2 Å². The van der Waals surface area contributed by atoms with Gasteiger partial charge in [0.15, 0.2) is 0 Å². The summed E-state index contributed by atoms with van der Waals surface area (Å²) in [6, 6.07) is 15.6. The molecular formula is C14H13ClN2S. The second-order valence-corrected chi connectivity index (χ2v) is 5.34. The third-order valence-corrected chi connectivity index (χ3v) is 3.82. The van der Waals surface area contributed by atoms with Gasteiger partial charge < -0.3 is 5.73 Å². The number of benzene rings is 2. The Morgan fingerprint density at radius 2 is 1.67 bits per heavy atom. The highest BCUT2D eigenvalue weighted by Crippen LogP contribution is 2.23. The van der Waals surface area contributed by atoms with Crippen LogP contribution in [0.5, 0.6) is 0 Å². The summed E-state index contributed by atoms with van der Waals surface area (Å²) in [4.78, 5) is 1.16. The molecule has 0 bridgehead atoms. The summed E-state index contributed by atoms with van der Waals surface area (Å²) in [6.07, 6.45) is 0. The molecule has 0 saturated carbocycles. The van der Waals surface area contributed by atoms with E-state index in [9.17, 15) is 0 Å². The van der Waals surface area contributed by atoms with Crippen molar-refractivity contribution in [3.63, 3.8) is 0 Å². The van der Waals surface area contributed by atoms with Crippen molar-refractivity contribution in [1.82, 2.24) is 0 Å². The van der Waals surface area contributed by atoms with Gasteiger partial charge in [0, 0.05) is 21.2 Å². The van der Waals surface area contributed by atoms with E-state index in [1.165, 1.54) is 5.56 Å². The van der Waals surface area contributed by atoms with Crippen molar-refractivity contribution in [2.75, 3.05) is 0 Å². The van der Waals surface area contributed by atoms with Gasteiger partial charge in [0.1, 0.15) is 5.84 Å². The number of nitrogen functional groups attached to an aromatic ring is 1. The number of nitrogens with two attached hydrogens (primary N) is 1. The molecule has 92 valence electrons. The molecule has 0 spiro atoms. The van der Waals surface area contributed by atoms with Crippen LogP contribution in [-0.2, 0) is 5.75 Å². The molecule has 0 fully saturated rings. The average molecular weight is 277 g/mol. The van der Waals surface area contributed by atoms with Gasteiger partial charge in [-0.05, 0) is 29.8 Å². The van der Waals surface area contributed by atoms with E-state index in [4.69, 9.17) is 22.7 Å². The van der Waals surface area contributed by atoms with Crippen molar-refractivity contribution in [2.24, 2.45) is 5.73 Å². The Morgan fingerprint density at radius 3 is 2.22 bits per heavy atom. The predicted octanol–water partition coefficient (Wildman–Crippen LogP) is 3.92. The topological polar surface area (TPSA) is 49.9 Å². The fourth-order valence-corrected chi connectivity index (χ4v) is 2.46. The molecule has 2 rings (SSSR count). The van der Waals surface area contributed by atoms with Crippen molar-refractivity contribution < 1.29 is 0 Å². The van der Waals surface area contributed by atoms with E-state index >= 15 is 0 Å². The Hall–Kier alpha value is -1.45. The molecule has 2 aromatic carbocycles. The molecule has 18 heavy (non-hydrogen) atoms. The normalized spacial score (nSPS) is 10.3. The molecule has 0 aliphatic rings. The zero-order valence-electron chi connectivity index (χ0n) is 9.69. The second-order valence-electron chi connectivity index (χ2n) is 3.85. The van der Waals surface area contributed by atoms with Gasteiger partial charge in [-0.2, -0.15) is 0 Å². The lowest BCUT2D eigenvalue weighted by atomic mass is 10.2. The predicted molar refractivity (Wildman–Crippen MR) is 78.5 cm³/mol. The van der Waals surface area contributed by atoms with Crippen LogP contribution in [0.1, 0.15) is 11.1 Å². The summed E-state index contributed by atoms with van der Waals surface area (Å²) >= 11 is 7.58. The minimum Gasteiger partial charge on any atom is -0.384 e. The summed E-state index contributed by atoms with van der Waals surface area (Å²) in [5.74, 6) is 1.00. The van der Waals surface area contributed by atoms with Gasteiger partial charge >= 0.3 is 0 Å². The Bertz CT molecular complexity index is 535. The number of hydrogen-bond acceptors (Lipinski definition) is 2. The van der Waals surface area contributed by atoms with E-state index < -0.39 is 0 Å². The standard InChI is InChI=1S/C14H13ClN2S/c15-12-5-1-10(2-6-12)9-18-13-7-3-11(4-8-13)14(16)17/h1-8H,9H2,(H3,16,17). The van der Waals surface area contributed by atoms with Crippen LogP contribution >= 0.6 is 23.4 Å². The second kappa shape index (κ2) is 5.94. The summed E-state index contributed by atoms with van der Waals surface area (Å²) in [7, 11) is 0. The minimum absolute atomic E-state index is 0.101. The molecular weight excluding hydrogens is 264 g/mol. The zero-order chi connectivity index (χ0) is 13.0. The Balaban J connectivity index is 1.97. The van der Waals surface area contributed by atoms with E-state index in [2.05, 4.69) is 0 Å². The molecule has 0 aliphatic heterocycles. The lowest BCUT2D eigenvalue weighted by Gasteiger charge is -2.03. The summed E-state index contributed by atoms with van der Waals surface area (Å²) in [6.45, 7) is 0. The number of amidine groups is 1. The first-order valence-electron chi connectivity index (χ1n) is 5.47. The number of halogens is 1. The first kappa shape index (κ1) is 13.0. The monoisotopic (exact) mass is 276 g/mol. The SMILES string of the molecule is N=C(N)c1ccc(SCc2ccc(Cl)cc2)cc1. The molecule has 2 nitrogen and oxygen atoms in total. The number of thioether (sulfide) groups is 1. The van der Waals surface area contributed by atoms with Gasteiger partial charge in [-0.15, -0.1) is 11.8 Å². The van der Waals surface area contributed by atoms with Crippen molar-refractivity contribution in [2.45, 2.75) is 10.6 Å². The number of hydrogen-bond donors (Lipinski definition) is 2. The Morgan fingerprint density at radius 1 is 1.06 bits per heavy atom. The highest BCUT2D eigenvalue weighted by Gasteiger charge is 1.99. The van der Waals surface area contributed by atoms with E-state index in [0.717, 1.165) is 21.2 Å². The van der Waals surface area contributed by atoms with Crippen molar-refractivity contribution in [3.05, 3.63) is 64.7 Å². The highest BCUT2D eigenvalue weighted by molar-refractivity contribution is 7.98. The van der Waals surface area contributed by atoms with Gasteiger partial charge in [0.2, 0.25) is 0 Å². The molecule has 0 radical (unpaired) electrons. The minimum atomic E-state index is 0.101. The van der Waals surface area contributed by atoms with Gasteiger partial charge in [-0.1, -0.05) is 35.9 Å². The number of rotatable bonds is 4. The van der Waals surface area contributed by atoms with Gasteiger partial charge in [-0.3, -0.25) is 5.41 Å². The van der Waals surface area contributed by atoms with Crippen LogP contribution in [0.25, 0.3) is 0 Å². The molecule has 0 atom stereocenters. The lowest BCUT2D eigenvalue weighted by Crippen LogP contribution is -2.10. The molecule has 0 aromatic heterocycles. The van der Waals surface area contributed by atoms with Crippen LogP contribution in [0.15, 0.2) is 53.4 Å². The third kappa shape index (κ3) is 3.52. The molecule has 0 aliphatic carbocycles. The van der Waals surface area contributed by atoms with E-state index in [1.807, 2.05) is 48.5 Å². The van der Waals surface area contributed by atoms with Crippen molar-refractivity contribution in [1.29, 1.82) is 5.41 Å². The van der Waals surface area contributed by atoms with Gasteiger partial charge in [-0.25, -0.2) is 0 Å². The molecule has 0 amide bonds. The van der Waals surface area contributed by atoms with E-state index in [1.54, 1.807) is 11.8 Å². The summed E-state index contributed by atoms with van der Waals surface area (Å²) in [5.41, 5.74) is 7.40. The fourth-order valence-electron chi connectivity index (χ4n) is 1.48. The fraction of sp³-hybridized carbons (Fsp3) is 0.0714. The van der Waals surface area contributed by atoms with Crippen LogP contribution < -0.4 is 5.73 Å². The molecule has 2 aromatic rings. The van der Waals surface area contributed by atoms with Crippen LogP contribution in [0.2, 0.25) is 5.02 Å². The maximum Gasteiger partial charge on any atom is 0.122 e. The summed E-state index contributed by atoms with van der Waals surface area (Å²) in [5, 5.41) is 8.08. The van der Waals surface area contributed by atoms with Gasteiger partial charge in [0.05, 0.1) is 0 Å². The van der Waals surface area contributed by atoms with E-state index in [0.29, 0.717) is 0 Å². The zero-order valence-corrected chi connectivity index (χ0v) is 11.3. The molecule has 0 saturated heterocycles. The maximum atomic E-state index is 7.32. The largest absolute Gasteiger partial charge is 0.384 e. The lowest BCUT2D eigenvalue weighted by molar-refractivity contribution is 1.36. The summed E-state index contributed by atoms with van der Waals surface area (Å²) < 4.78 is 0. The van der Waals surface area contributed by atoms with Crippen LogP contribution in [0.4, 0.5) is 0 Å². The third-order valence-electron chi connectivity index (χ3n) is 2.48.